The van der Waals surface area contributed by atoms with Crippen LogP contribution in [0, 0.1) is 18.3 Å². The summed E-state index contributed by atoms with van der Waals surface area (Å²) in [6, 6.07) is 5.09. The summed E-state index contributed by atoms with van der Waals surface area (Å²) in [6.07, 6.45) is 0. The van der Waals surface area contributed by atoms with Crippen molar-refractivity contribution in [3.8, 4) is 17.6 Å². The van der Waals surface area contributed by atoms with Crippen molar-refractivity contribution in [2.45, 2.75) is 13.5 Å². The number of hydrogen-bond donors (Lipinski definition) is 1. The van der Waals surface area contributed by atoms with Crippen LogP contribution in [0.2, 0.25) is 0 Å². The lowest BCUT2D eigenvalue weighted by molar-refractivity contribution is -0.116. The van der Waals surface area contributed by atoms with Crippen LogP contribution in [0.4, 0.5) is 0 Å². The lowest BCUT2D eigenvalue weighted by Gasteiger charge is -2.14. The molecule has 0 bridgehead atoms. The van der Waals surface area contributed by atoms with Gasteiger partial charge in [-0.2, -0.15) is 5.26 Å². The van der Waals surface area contributed by atoms with Gasteiger partial charge in [0.05, 0.1) is 14.2 Å². The van der Waals surface area contributed by atoms with Gasteiger partial charge in [-0.25, -0.2) is 0 Å². The third kappa shape index (κ3) is 2.88. The molecule has 0 heterocycles. The monoisotopic (exact) mass is 234 g/mol. The SMILES string of the molecule is COc1ccc(CNC(=O)C#N)c(OC)c1C. The number of ether oxygens (including phenoxy) is 2. The molecule has 5 nitrogen and oxygen atoms in total. The molecule has 17 heavy (non-hydrogen) atoms. The number of methoxy groups -OCH3 is 2. The summed E-state index contributed by atoms with van der Waals surface area (Å²) in [5.41, 5.74) is 1.66. The maximum Gasteiger partial charge on any atom is 0.322 e. The van der Waals surface area contributed by atoms with E-state index in [9.17, 15) is 4.79 Å². The lowest BCUT2D eigenvalue weighted by Crippen LogP contribution is -2.21. The van der Waals surface area contributed by atoms with Gasteiger partial charge in [0.15, 0.2) is 6.07 Å². The number of nitrogens with zero attached hydrogens (tertiary/aromatic N) is 1. The van der Waals surface area contributed by atoms with E-state index in [1.807, 2.05) is 6.92 Å². The first-order valence-electron chi connectivity index (χ1n) is 5.02. The van der Waals surface area contributed by atoms with Crippen LogP contribution < -0.4 is 14.8 Å². The molecule has 0 aliphatic carbocycles. The predicted molar refractivity (Wildman–Crippen MR) is 61.7 cm³/mol. The van der Waals surface area contributed by atoms with E-state index in [1.54, 1.807) is 26.4 Å². The molecule has 1 rings (SSSR count). The van der Waals surface area contributed by atoms with E-state index in [0.717, 1.165) is 16.9 Å². The van der Waals surface area contributed by atoms with Crippen molar-refractivity contribution in [1.82, 2.24) is 5.32 Å². The highest BCUT2D eigenvalue weighted by atomic mass is 16.5. The van der Waals surface area contributed by atoms with Crippen LogP contribution in [0.25, 0.3) is 0 Å². The van der Waals surface area contributed by atoms with Crippen LogP contribution in [0.3, 0.4) is 0 Å². The van der Waals surface area contributed by atoms with Crippen LogP contribution in [-0.4, -0.2) is 20.1 Å². The van der Waals surface area contributed by atoms with Crippen molar-refractivity contribution in [1.29, 1.82) is 5.26 Å². The minimum absolute atomic E-state index is 0.250. The van der Waals surface area contributed by atoms with Gasteiger partial charge in [0, 0.05) is 17.7 Å². The Labute approximate surface area is 100.0 Å². The van der Waals surface area contributed by atoms with Gasteiger partial charge in [-0.05, 0) is 19.1 Å². The summed E-state index contributed by atoms with van der Waals surface area (Å²) in [5, 5.41) is 10.8. The Morgan fingerprint density at radius 2 is 2.12 bits per heavy atom. The van der Waals surface area contributed by atoms with Gasteiger partial charge in [-0.3, -0.25) is 4.79 Å². The van der Waals surface area contributed by atoms with Gasteiger partial charge in [0.25, 0.3) is 0 Å². The molecular weight excluding hydrogens is 220 g/mol. The molecule has 0 spiro atoms. The summed E-state index contributed by atoms with van der Waals surface area (Å²) in [7, 11) is 3.14. The molecule has 1 aromatic rings. The number of carbonyl (C=O) groups is 1. The van der Waals surface area contributed by atoms with E-state index in [1.165, 1.54) is 6.07 Å². The molecule has 0 unspecified atom stereocenters. The van der Waals surface area contributed by atoms with Crippen molar-refractivity contribution in [3.63, 3.8) is 0 Å². The number of hydrogen-bond acceptors (Lipinski definition) is 4. The van der Waals surface area contributed by atoms with E-state index in [2.05, 4.69) is 5.32 Å². The zero-order chi connectivity index (χ0) is 12.8. The lowest BCUT2D eigenvalue weighted by atomic mass is 10.1. The van der Waals surface area contributed by atoms with Crippen LogP contribution in [0.15, 0.2) is 12.1 Å². The highest BCUT2D eigenvalue weighted by Crippen LogP contribution is 2.31. The molecule has 1 aromatic carbocycles. The van der Waals surface area contributed by atoms with Crippen molar-refractivity contribution in [2.75, 3.05) is 14.2 Å². The first kappa shape index (κ1) is 12.8. The van der Waals surface area contributed by atoms with Crippen LogP contribution >= 0.6 is 0 Å². The molecular formula is C12H14N2O3. The molecule has 90 valence electrons. The zero-order valence-electron chi connectivity index (χ0n) is 10.0. The minimum atomic E-state index is -0.666. The number of benzene rings is 1. The number of amides is 1. The molecule has 0 fully saturated rings. The summed E-state index contributed by atoms with van der Waals surface area (Å²) in [4.78, 5) is 10.9. The zero-order valence-corrected chi connectivity index (χ0v) is 10.0. The predicted octanol–water partition coefficient (Wildman–Crippen LogP) is 1.15. The fraction of sp³-hybridized carbons (Fsp3) is 0.333. The number of carbonyl (C=O) groups excluding carboxylic acids is 1. The number of nitriles is 1. The second-order valence-corrected chi connectivity index (χ2v) is 3.38. The molecule has 0 saturated heterocycles. The van der Waals surface area contributed by atoms with Gasteiger partial charge in [-0.1, -0.05) is 0 Å². The number of nitrogens with one attached hydrogen (secondary N) is 1. The van der Waals surface area contributed by atoms with Crippen LogP contribution in [0.1, 0.15) is 11.1 Å². The molecule has 0 atom stereocenters. The highest BCUT2D eigenvalue weighted by Gasteiger charge is 2.11. The van der Waals surface area contributed by atoms with E-state index in [-0.39, 0.29) is 6.54 Å². The quantitative estimate of drug-likeness (QED) is 0.793. The summed E-state index contributed by atoms with van der Waals surface area (Å²) >= 11 is 0. The van der Waals surface area contributed by atoms with Gasteiger partial charge in [-0.15, -0.1) is 0 Å². The highest BCUT2D eigenvalue weighted by molar-refractivity contribution is 5.91. The maximum atomic E-state index is 10.9. The third-order valence-corrected chi connectivity index (χ3v) is 2.40. The fourth-order valence-corrected chi connectivity index (χ4v) is 1.59. The van der Waals surface area contributed by atoms with Crippen molar-refractivity contribution in [2.24, 2.45) is 0 Å². The molecule has 0 aromatic heterocycles. The Kier molecular flexibility index (Phi) is 4.35. The summed E-state index contributed by atoms with van der Waals surface area (Å²) in [6.45, 7) is 2.12. The Morgan fingerprint density at radius 3 is 2.65 bits per heavy atom. The van der Waals surface area contributed by atoms with E-state index in [4.69, 9.17) is 14.7 Å². The maximum absolute atomic E-state index is 10.9. The second kappa shape index (κ2) is 5.75. The van der Waals surface area contributed by atoms with Gasteiger partial charge >= 0.3 is 5.91 Å². The normalized spacial score (nSPS) is 9.29. The van der Waals surface area contributed by atoms with E-state index >= 15 is 0 Å². The molecule has 0 aliphatic rings. The Balaban J connectivity index is 2.97. The first-order chi connectivity index (χ1) is 8.13. The summed E-state index contributed by atoms with van der Waals surface area (Å²) in [5.74, 6) is 0.709. The van der Waals surface area contributed by atoms with Gasteiger partial charge in [0.2, 0.25) is 0 Å². The standard InChI is InChI=1S/C12H14N2O3/c1-8-10(16-2)5-4-9(12(8)17-3)7-14-11(15)6-13/h4-5H,7H2,1-3H3,(H,14,15). The van der Waals surface area contributed by atoms with Crippen molar-refractivity contribution >= 4 is 5.91 Å². The Bertz CT molecular complexity index is 464. The molecule has 0 radical (unpaired) electrons. The van der Waals surface area contributed by atoms with Crippen molar-refractivity contribution < 1.29 is 14.3 Å². The third-order valence-electron chi connectivity index (χ3n) is 2.40. The van der Waals surface area contributed by atoms with Gasteiger partial charge in [0.1, 0.15) is 11.5 Å². The van der Waals surface area contributed by atoms with E-state index in [0.29, 0.717) is 5.75 Å². The smallest absolute Gasteiger partial charge is 0.322 e. The molecule has 5 heteroatoms. The topological polar surface area (TPSA) is 71.3 Å². The minimum Gasteiger partial charge on any atom is -0.496 e. The van der Waals surface area contributed by atoms with Crippen LogP contribution in [0.5, 0.6) is 11.5 Å². The average Bonchev–Trinajstić information content (AvgIpc) is 2.35. The average molecular weight is 234 g/mol. The molecule has 1 N–H and O–H groups in total. The molecule has 0 aliphatic heterocycles. The van der Waals surface area contributed by atoms with Crippen molar-refractivity contribution in [3.05, 3.63) is 23.3 Å². The fourth-order valence-electron chi connectivity index (χ4n) is 1.59. The second-order valence-electron chi connectivity index (χ2n) is 3.38. The molecule has 1 amide bonds. The largest absolute Gasteiger partial charge is 0.496 e. The van der Waals surface area contributed by atoms with E-state index < -0.39 is 5.91 Å². The first-order valence-corrected chi connectivity index (χ1v) is 5.02. The molecule has 0 saturated carbocycles. The summed E-state index contributed by atoms with van der Waals surface area (Å²) < 4.78 is 10.4. The Hall–Kier alpha value is -2.22. The van der Waals surface area contributed by atoms with Crippen LogP contribution in [-0.2, 0) is 11.3 Å². The Morgan fingerprint density at radius 1 is 1.41 bits per heavy atom. The number of rotatable bonds is 4. The van der Waals surface area contributed by atoms with Gasteiger partial charge < -0.3 is 14.8 Å².